The molecule has 2 aromatic heterocycles. The zero-order chi connectivity index (χ0) is 22.0. The maximum absolute atomic E-state index is 12.4. The van der Waals surface area contributed by atoms with Gasteiger partial charge in [0.1, 0.15) is 0 Å². The Bertz CT molecular complexity index is 1230. The SMILES string of the molecule is Cc1ccc(-c2noc(-c3nnc(SCC(=O)Nc4cc(C)ccc4C)n3C)n2)cc1. The Morgan fingerprint density at radius 1 is 1.06 bits per heavy atom. The van der Waals surface area contributed by atoms with Crippen LogP contribution in [-0.2, 0) is 11.8 Å². The molecule has 1 N–H and O–H groups in total. The highest BCUT2D eigenvalue weighted by Crippen LogP contribution is 2.25. The number of carbonyl (C=O) groups excluding carboxylic acids is 1. The van der Waals surface area contributed by atoms with Crippen molar-refractivity contribution in [1.29, 1.82) is 0 Å². The van der Waals surface area contributed by atoms with Crippen molar-refractivity contribution in [3.63, 3.8) is 0 Å². The minimum absolute atomic E-state index is 0.109. The Morgan fingerprint density at radius 2 is 1.81 bits per heavy atom. The van der Waals surface area contributed by atoms with Crippen LogP contribution in [0.15, 0.2) is 52.1 Å². The molecule has 158 valence electrons. The first-order valence-electron chi connectivity index (χ1n) is 9.71. The molecule has 0 radical (unpaired) electrons. The Balaban J connectivity index is 1.43. The van der Waals surface area contributed by atoms with E-state index in [1.165, 1.54) is 11.8 Å². The molecular weight excluding hydrogens is 412 g/mol. The van der Waals surface area contributed by atoms with Crippen molar-refractivity contribution < 1.29 is 9.32 Å². The quantitative estimate of drug-likeness (QED) is 0.454. The second-order valence-corrected chi connectivity index (χ2v) is 8.25. The molecule has 0 aliphatic rings. The standard InChI is InChI=1S/C22H22N6O2S/c1-13-6-9-16(10-7-13)19-24-21(30-27-19)20-25-26-22(28(20)4)31-12-18(29)23-17-11-14(2)5-8-15(17)3/h5-11H,12H2,1-4H3,(H,23,29). The van der Waals surface area contributed by atoms with E-state index in [0.29, 0.717) is 16.8 Å². The molecule has 0 fully saturated rings. The molecule has 0 saturated heterocycles. The van der Waals surface area contributed by atoms with Crippen LogP contribution < -0.4 is 5.32 Å². The highest BCUT2D eigenvalue weighted by atomic mass is 32.2. The fourth-order valence-corrected chi connectivity index (χ4v) is 3.66. The van der Waals surface area contributed by atoms with Crippen molar-refractivity contribution in [2.24, 2.45) is 7.05 Å². The van der Waals surface area contributed by atoms with Gasteiger partial charge in [0, 0.05) is 18.3 Å². The molecular formula is C22H22N6O2S. The molecule has 0 bridgehead atoms. The van der Waals surface area contributed by atoms with Crippen LogP contribution >= 0.6 is 11.8 Å². The molecule has 1 amide bonds. The van der Waals surface area contributed by atoms with E-state index in [1.54, 1.807) is 11.6 Å². The average Bonchev–Trinajstić information content (AvgIpc) is 3.36. The lowest BCUT2D eigenvalue weighted by Gasteiger charge is -2.09. The number of aromatic nitrogens is 5. The first kappa shape index (κ1) is 20.8. The predicted octanol–water partition coefficient (Wildman–Crippen LogP) is 4.19. The highest BCUT2D eigenvalue weighted by molar-refractivity contribution is 7.99. The summed E-state index contributed by atoms with van der Waals surface area (Å²) in [7, 11) is 1.80. The third-order valence-corrected chi connectivity index (χ3v) is 5.78. The van der Waals surface area contributed by atoms with E-state index in [9.17, 15) is 4.79 Å². The first-order chi connectivity index (χ1) is 14.9. The third kappa shape index (κ3) is 4.66. The molecule has 2 aromatic carbocycles. The largest absolute Gasteiger partial charge is 0.330 e. The van der Waals surface area contributed by atoms with Crippen LogP contribution in [0.3, 0.4) is 0 Å². The number of anilines is 1. The van der Waals surface area contributed by atoms with Crippen molar-refractivity contribution in [3.05, 3.63) is 59.2 Å². The topological polar surface area (TPSA) is 98.7 Å². The number of benzene rings is 2. The number of hydrogen-bond donors (Lipinski definition) is 1. The van der Waals surface area contributed by atoms with Gasteiger partial charge >= 0.3 is 0 Å². The van der Waals surface area contributed by atoms with E-state index in [1.807, 2.05) is 63.2 Å². The first-order valence-corrected chi connectivity index (χ1v) is 10.7. The van der Waals surface area contributed by atoms with E-state index >= 15 is 0 Å². The van der Waals surface area contributed by atoms with Gasteiger partial charge in [-0.25, -0.2) is 0 Å². The van der Waals surface area contributed by atoms with Crippen molar-refractivity contribution >= 4 is 23.4 Å². The van der Waals surface area contributed by atoms with Crippen molar-refractivity contribution in [2.45, 2.75) is 25.9 Å². The second kappa shape index (κ2) is 8.73. The highest BCUT2D eigenvalue weighted by Gasteiger charge is 2.19. The maximum atomic E-state index is 12.4. The average molecular weight is 435 g/mol. The minimum atomic E-state index is -0.109. The number of aryl methyl sites for hydroxylation is 3. The van der Waals surface area contributed by atoms with E-state index in [2.05, 4.69) is 25.7 Å². The molecule has 8 nitrogen and oxygen atoms in total. The van der Waals surface area contributed by atoms with Gasteiger partial charge < -0.3 is 14.4 Å². The van der Waals surface area contributed by atoms with E-state index in [-0.39, 0.29) is 17.6 Å². The Hall–Kier alpha value is -3.46. The molecule has 2 heterocycles. The second-order valence-electron chi connectivity index (χ2n) is 7.31. The van der Waals surface area contributed by atoms with Gasteiger partial charge in [0.15, 0.2) is 5.16 Å². The van der Waals surface area contributed by atoms with E-state index in [0.717, 1.165) is 27.9 Å². The summed E-state index contributed by atoms with van der Waals surface area (Å²) in [5.41, 5.74) is 4.95. The van der Waals surface area contributed by atoms with Crippen LogP contribution in [0.2, 0.25) is 0 Å². The van der Waals surface area contributed by atoms with Gasteiger partial charge in [-0.05, 0) is 38.0 Å². The molecule has 0 spiro atoms. The third-order valence-electron chi connectivity index (χ3n) is 4.76. The molecule has 9 heteroatoms. The number of thioether (sulfide) groups is 1. The summed E-state index contributed by atoms with van der Waals surface area (Å²) in [4.78, 5) is 16.8. The lowest BCUT2D eigenvalue weighted by molar-refractivity contribution is -0.113. The van der Waals surface area contributed by atoms with Gasteiger partial charge in [-0.15, -0.1) is 10.2 Å². The van der Waals surface area contributed by atoms with Crippen molar-refractivity contribution in [2.75, 3.05) is 11.1 Å². The summed E-state index contributed by atoms with van der Waals surface area (Å²) in [6.45, 7) is 5.98. The molecule has 4 aromatic rings. The van der Waals surface area contributed by atoms with Gasteiger partial charge in [0.05, 0.1) is 5.75 Å². The Labute approximate surface area is 184 Å². The Morgan fingerprint density at radius 3 is 2.58 bits per heavy atom. The molecule has 0 unspecified atom stereocenters. The molecule has 0 aliphatic carbocycles. The molecule has 0 aliphatic heterocycles. The van der Waals surface area contributed by atoms with Gasteiger partial charge in [0.2, 0.25) is 17.6 Å². The van der Waals surface area contributed by atoms with Crippen LogP contribution in [0.4, 0.5) is 5.69 Å². The molecule has 0 saturated carbocycles. The van der Waals surface area contributed by atoms with Crippen LogP contribution in [0.1, 0.15) is 16.7 Å². The fraction of sp³-hybridized carbons (Fsp3) is 0.227. The number of nitrogens with zero attached hydrogens (tertiary/aromatic N) is 5. The lowest BCUT2D eigenvalue weighted by Crippen LogP contribution is -2.15. The number of nitrogens with one attached hydrogen (secondary N) is 1. The number of amides is 1. The number of hydrogen-bond acceptors (Lipinski definition) is 7. The van der Waals surface area contributed by atoms with Crippen LogP contribution in [-0.4, -0.2) is 36.6 Å². The van der Waals surface area contributed by atoms with Gasteiger partial charge in [-0.3, -0.25) is 4.79 Å². The minimum Gasteiger partial charge on any atom is -0.330 e. The summed E-state index contributed by atoms with van der Waals surface area (Å²) >= 11 is 1.29. The van der Waals surface area contributed by atoms with E-state index in [4.69, 9.17) is 4.52 Å². The molecule has 31 heavy (non-hydrogen) atoms. The lowest BCUT2D eigenvalue weighted by atomic mass is 10.1. The van der Waals surface area contributed by atoms with E-state index < -0.39 is 0 Å². The Kier molecular flexibility index (Phi) is 5.85. The molecule has 0 atom stereocenters. The fourth-order valence-electron chi connectivity index (χ4n) is 2.95. The summed E-state index contributed by atoms with van der Waals surface area (Å²) in [6, 6.07) is 13.8. The van der Waals surface area contributed by atoms with Crippen molar-refractivity contribution in [3.8, 4) is 23.1 Å². The normalized spacial score (nSPS) is 11.0. The van der Waals surface area contributed by atoms with Crippen molar-refractivity contribution in [1.82, 2.24) is 24.9 Å². The zero-order valence-corrected chi connectivity index (χ0v) is 18.5. The number of rotatable bonds is 6. The predicted molar refractivity (Wildman–Crippen MR) is 120 cm³/mol. The van der Waals surface area contributed by atoms with Gasteiger partial charge in [-0.1, -0.05) is 58.9 Å². The van der Waals surface area contributed by atoms with Gasteiger partial charge in [-0.2, -0.15) is 4.98 Å². The summed E-state index contributed by atoms with van der Waals surface area (Å²) in [6.07, 6.45) is 0. The van der Waals surface area contributed by atoms with Crippen LogP contribution in [0.25, 0.3) is 23.1 Å². The molecule has 4 rings (SSSR count). The van der Waals surface area contributed by atoms with Gasteiger partial charge in [0.25, 0.3) is 5.89 Å². The summed E-state index contributed by atoms with van der Waals surface area (Å²) in [5.74, 6) is 1.31. The zero-order valence-electron chi connectivity index (χ0n) is 17.7. The van der Waals surface area contributed by atoms with Crippen LogP contribution in [0, 0.1) is 20.8 Å². The summed E-state index contributed by atoms with van der Waals surface area (Å²) < 4.78 is 7.12. The maximum Gasteiger partial charge on any atom is 0.296 e. The monoisotopic (exact) mass is 434 g/mol. The summed E-state index contributed by atoms with van der Waals surface area (Å²) in [5, 5.41) is 15.9. The number of carbonyl (C=O) groups is 1. The van der Waals surface area contributed by atoms with Crippen LogP contribution in [0.5, 0.6) is 0 Å². The smallest absolute Gasteiger partial charge is 0.296 e.